The van der Waals surface area contributed by atoms with Gasteiger partial charge in [-0.05, 0) is 70.1 Å². The highest BCUT2D eigenvalue weighted by molar-refractivity contribution is 7.10. The molecule has 20 heavy (non-hydrogen) atoms. The first-order chi connectivity index (χ1) is 9.60. The zero-order valence-electron chi connectivity index (χ0n) is 13.5. The molecule has 0 amide bonds. The van der Waals surface area contributed by atoms with E-state index in [0.717, 1.165) is 12.5 Å². The summed E-state index contributed by atoms with van der Waals surface area (Å²) in [6.45, 7) is 5.76. The van der Waals surface area contributed by atoms with Crippen LogP contribution in [0.5, 0.6) is 0 Å². The maximum absolute atomic E-state index is 3.85. The van der Waals surface area contributed by atoms with Crippen LogP contribution in [0.3, 0.4) is 0 Å². The van der Waals surface area contributed by atoms with Gasteiger partial charge in [0.25, 0.3) is 0 Å². The molecule has 1 aliphatic rings. The summed E-state index contributed by atoms with van der Waals surface area (Å²) in [5, 5.41) is 6.06. The highest BCUT2D eigenvalue weighted by Crippen LogP contribution is 2.44. The van der Waals surface area contributed by atoms with Crippen LogP contribution in [-0.4, -0.2) is 31.1 Å². The number of hydrogen-bond donors (Lipinski definition) is 1. The summed E-state index contributed by atoms with van der Waals surface area (Å²) in [4.78, 5) is 3.99. The maximum Gasteiger partial charge on any atom is 0.0601 e. The monoisotopic (exact) mass is 294 g/mol. The minimum atomic E-state index is 0.284. The molecule has 114 valence electrons. The highest BCUT2D eigenvalue weighted by atomic mass is 32.1. The Morgan fingerprint density at radius 1 is 1.40 bits per heavy atom. The van der Waals surface area contributed by atoms with Crippen molar-refractivity contribution in [1.82, 2.24) is 10.2 Å². The summed E-state index contributed by atoms with van der Waals surface area (Å²) in [5.74, 6) is 0.887. The smallest absolute Gasteiger partial charge is 0.0601 e. The van der Waals surface area contributed by atoms with E-state index in [-0.39, 0.29) is 5.54 Å². The van der Waals surface area contributed by atoms with Crippen molar-refractivity contribution < 1.29 is 0 Å². The largest absolute Gasteiger partial charge is 0.308 e. The third kappa shape index (κ3) is 3.26. The van der Waals surface area contributed by atoms with Crippen molar-refractivity contribution in [3.05, 3.63) is 22.4 Å². The summed E-state index contributed by atoms with van der Waals surface area (Å²) >= 11 is 1.90. The van der Waals surface area contributed by atoms with Crippen LogP contribution in [0.2, 0.25) is 0 Å². The average molecular weight is 295 g/mol. The second-order valence-corrected chi connectivity index (χ2v) is 7.56. The molecule has 0 bridgehead atoms. The Morgan fingerprint density at radius 3 is 2.60 bits per heavy atom. The molecule has 1 atom stereocenters. The van der Waals surface area contributed by atoms with Gasteiger partial charge in [-0.3, -0.25) is 0 Å². The zero-order valence-corrected chi connectivity index (χ0v) is 14.3. The first-order valence-electron chi connectivity index (χ1n) is 8.04. The zero-order chi connectivity index (χ0) is 14.6. The van der Waals surface area contributed by atoms with Crippen LogP contribution in [0.25, 0.3) is 0 Å². The van der Waals surface area contributed by atoms with E-state index < -0.39 is 0 Å². The lowest BCUT2D eigenvalue weighted by atomic mass is 9.71. The Hall–Kier alpha value is -0.380. The number of hydrogen-bond acceptors (Lipinski definition) is 3. The molecular weight excluding hydrogens is 264 g/mol. The topological polar surface area (TPSA) is 15.3 Å². The number of thiophene rings is 1. The molecular formula is C17H30N2S. The third-order valence-electron chi connectivity index (χ3n) is 4.99. The van der Waals surface area contributed by atoms with Gasteiger partial charge in [-0.1, -0.05) is 19.9 Å². The SMILES string of the molecule is CCCNC(c1cccs1)C1(N(C)C)CCC(C)CC1. The van der Waals surface area contributed by atoms with E-state index in [1.54, 1.807) is 0 Å². The molecule has 1 saturated carbocycles. The lowest BCUT2D eigenvalue weighted by Gasteiger charge is -2.49. The molecule has 0 radical (unpaired) electrons. The minimum Gasteiger partial charge on any atom is -0.308 e. The average Bonchev–Trinajstić information content (AvgIpc) is 2.95. The molecule has 2 nitrogen and oxygen atoms in total. The van der Waals surface area contributed by atoms with Gasteiger partial charge in [-0.15, -0.1) is 11.3 Å². The van der Waals surface area contributed by atoms with E-state index in [0.29, 0.717) is 6.04 Å². The molecule has 1 heterocycles. The van der Waals surface area contributed by atoms with Gasteiger partial charge in [0.2, 0.25) is 0 Å². The molecule has 0 saturated heterocycles. The maximum atomic E-state index is 3.85. The standard InChI is InChI=1S/C17H30N2S/c1-5-12-18-16(15-7-6-13-20-15)17(19(3)4)10-8-14(2)9-11-17/h6-7,13-14,16,18H,5,8-12H2,1-4H3. The first kappa shape index (κ1) is 16.0. The Kier molecular flexibility index (Phi) is 5.65. The van der Waals surface area contributed by atoms with Gasteiger partial charge in [0.15, 0.2) is 0 Å². The molecule has 0 aliphatic heterocycles. The van der Waals surface area contributed by atoms with Crippen LogP contribution in [0.1, 0.15) is 56.9 Å². The van der Waals surface area contributed by atoms with Gasteiger partial charge in [0.1, 0.15) is 0 Å². The first-order valence-corrected chi connectivity index (χ1v) is 8.92. The molecule has 0 aromatic carbocycles. The van der Waals surface area contributed by atoms with Gasteiger partial charge in [-0.2, -0.15) is 0 Å². The van der Waals surface area contributed by atoms with Crippen LogP contribution in [0, 0.1) is 5.92 Å². The molecule has 1 aromatic rings. The van der Waals surface area contributed by atoms with E-state index in [9.17, 15) is 0 Å². The molecule has 1 aromatic heterocycles. The molecule has 3 heteroatoms. The summed E-state index contributed by atoms with van der Waals surface area (Å²) in [5.41, 5.74) is 0.284. The van der Waals surface area contributed by atoms with Crippen molar-refractivity contribution in [2.24, 2.45) is 5.92 Å². The predicted molar refractivity (Wildman–Crippen MR) is 89.4 cm³/mol. The fourth-order valence-electron chi connectivity index (χ4n) is 3.56. The molecule has 1 N–H and O–H groups in total. The fraction of sp³-hybridized carbons (Fsp3) is 0.765. The highest BCUT2D eigenvalue weighted by Gasteiger charge is 2.43. The molecule has 1 unspecified atom stereocenters. The van der Waals surface area contributed by atoms with Crippen molar-refractivity contribution in [2.45, 2.75) is 57.5 Å². The van der Waals surface area contributed by atoms with E-state index >= 15 is 0 Å². The molecule has 0 spiro atoms. The van der Waals surface area contributed by atoms with Gasteiger partial charge in [0, 0.05) is 10.4 Å². The van der Waals surface area contributed by atoms with Crippen LogP contribution in [0.4, 0.5) is 0 Å². The van der Waals surface area contributed by atoms with E-state index in [1.165, 1.54) is 37.0 Å². The third-order valence-corrected chi connectivity index (χ3v) is 5.93. The van der Waals surface area contributed by atoms with E-state index in [2.05, 4.69) is 55.7 Å². The number of rotatable bonds is 6. The van der Waals surface area contributed by atoms with Gasteiger partial charge in [-0.25, -0.2) is 0 Å². The van der Waals surface area contributed by atoms with Crippen molar-refractivity contribution in [3.63, 3.8) is 0 Å². The van der Waals surface area contributed by atoms with Crippen LogP contribution < -0.4 is 5.32 Å². The Bertz CT molecular complexity index is 378. The Morgan fingerprint density at radius 2 is 2.10 bits per heavy atom. The second kappa shape index (κ2) is 7.06. The summed E-state index contributed by atoms with van der Waals surface area (Å²) < 4.78 is 0. The Labute approximate surface area is 128 Å². The summed E-state index contributed by atoms with van der Waals surface area (Å²) in [6.07, 6.45) is 6.52. The van der Waals surface area contributed by atoms with Crippen LogP contribution in [-0.2, 0) is 0 Å². The molecule has 1 aliphatic carbocycles. The molecule has 2 rings (SSSR count). The minimum absolute atomic E-state index is 0.284. The fourth-order valence-corrected chi connectivity index (χ4v) is 4.47. The van der Waals surface area contributed by atoms with E-state index in [1.807, 2.05) is 11.3 Å². The van der Waals surface area contributed by atoms with Gasteiger partial charge < -0.3 is 10.2 Å². The predicted octanol–water partition coefficient (Wildman–Crippen LogP) is 4.30. The van der Waals surface area contributed by atoms with Crippen LogP contribution >= 0.6 is 11.3 Å². The van der Waals surface area contributed by atoms with Gasteiger partial charge >= 0.3 is 0 Å². The number of nitrogens with zero attached hydrogens (tertiary/aromatic N) is 1. The number of nitrogens with one attached hydrogen (secondary N) is 1. The van der Waals surface area contributed by atoms with Gasteiger partial charge in [0.05, 0.1) is 6.04 Å². The normalized spacial score (nSPS) is 28.8. The van der Waals surface area contributed by atoms with Crippen molar-refractivity contribution >= 4 is 11.3 Å². The van der Waals surface area contributed by atoms with Crippen molar-refractivity contribution in [1.29, 1.82) is 0 Å². The Balaban J connectivity index is 2.27. The lowest BCUT2D eigenvalue weighted by Crippen LogP contribution is -2.55. The van der Waals surface area contributed by atoms with E-state index in [4.69, 9.17) is 0 Å². The lowest BCUT2D eigenvalue weighted by molar-refractivity contribution is 0.0441. The van der Waals surface area contributed by atoms with Crippen LogP contribution in [0.15, 0.2) is 17.5 Å². The number of likely N-dealkylation sites (N-methyl/N-ethyl adjacent to an activating group) is 1. The van der Waals surface area contributed by atoms with Crippen molar-refractivity contribution in [2.75, 3.05) is 20.6 Å². The summed E-state index contributed by atoms with van der Waals surface area (Å²) in [6, 6.07) is 4.97. The molecule has 1 fully saturated rings. The quantitative estimate of drug-likeness (QED) is 0.841. The second-order valence-electron chi connectivity index (χ2n) is 6.58. The summed E-state index contributed by atoms with van der Waals surface area (Å²) in [7, 11) is 4.54. The van der Waals surface area contributed by atoms with Crippen molar-refractivity contribution in [3.8, 4) is 0 Å².